The summed E-state index contributed by atoms with van der Waals surface area (Å²) in [6, 6.07) is 1.95. The van der Waals surface area contributed by atoms with Crippen LogP contribution in [0.4, 0.5) is 0 Å². The Labute approximate surface area is 114 Å². The van der Waals surface area contributed by atoms with Gasteiger partial charge in [0, 0.05) is 18.5 Å². The minimum absolute atomic E-state index is 0.266. The third-order valence-electron chi connectivity index (χ3n) is 3.32. The highest BCUT2D eigenvalue weighted by molar-refractivity contribution is 7.16. The van der Waals surface area contributed by atoms with Crippen LogP contribution in [0.3, 0.4) is 0 Å². The Balaban J connectivity index is 1.78. The van der Waals surface area contributed by atoms with Gasteiger partial charge >= 0.3 is 0 Å². The molecule has 0 spiro atoms. The van der Waals surface area contributed by atoms with Gasteiger partial charge in [-0.2, -0.15) is 0 Å². The molecule has 0 aliphatic carbocycles. The van der Waals surface area contributed by atoms with Crippen LogP contribution in [-0.2, 0) is 6.54 Å². The standard InChI is InChI=1S/C12H14ClN3OS/c13-11-9-2-4-18-12(9)15-10(14-11)6-16-3-1-8(5-16)7-17/h2,4,8,17H,1,3,5-7H2. The lowest BCUT2D eigenvalue weighted by Crippen LogP contribution is -2.22. The molecule has 6 heteroatoms. The minimum Gasteiger partial charge on any atom is -0.396 e. The van der Waals surface area contributed by atoms with Crippen molar-refractivity contribution in [2.75, 3.05) is 19.7 Å². The molecule has 1 saturated heterocycles. The Morgan fingerprint density at radius 3 is 3.17 bits per heavy atom. The molecule has 0 bridgehead atoms. The van der Waals surface area contributed by atoms with Crippen LogP contribution >= 0.6 is 22.9 Å². The van der Waals surface area contributed by atoms with E-state index in [1.807, 2.05) is 11.4 Å². The summed E-state index contributed by atoms with van der Waals surface area (Å²) in [6.45, 7) is 2.89. The van der Waals surface area contributed by atoms with Crippen LogP contribution in [0.1, 0.15) is 12.2 Å². The first-order valence-electron chi connectivity index (χ1n) is 5.99. The first-order chi connectivity index (χ1) is 8.76. The van der Waals surface area contributed by atoms with Crippen molar-refractivity contribution >= 4 is 33.2 Å². The third-order valence-corrected chi connectivity index (χ3v) is 4.41. The maximum atomic E-state index is 9.13. The maximum Gasteiger partial charge on any atom is 0.145 e. The van der Waals surface area contributed by atoms with Crippen molar-refractivity contribution in [2.45, 2.75) is 13.0 Å². The van der Waals surface area contributed by atoms with Crippen LogP contribution in [0.2, 0.25) is 5.15 Å². The summed E-state index contributed by atoms with van der Waals surface area (Å²) in [5.74, 6) is 1.17. The summed E-state index contributed by atoms with van der Waals surface area (Å²) in [6.07, 6.45) is 1.05. The number of thiophene rings is 1. The highest BCUT2D eigenvalue weighted by Gasteiger charge is 2.22. The zero-order valence-electron chi connectivity index (χ0n) is 9.84. The van der Waals surface area contributed by atoms with Crippen molar-refractivity contribution in [3.8, 4) is 0 Å². The zero-order chi connectivity index (χ0) is 12.5. The van der Waals surface area contributed by atoms with E-state index in [4.69, 9.17) is 16.7 Å². The van der Waals surface area contributed by atoms with Crippen LogP contribution in [-0.4, -0.2) is 39.7 Å². The number of aromatic nitrogens is 2. The second kappa shape index (κ2) is 5.09. The predicted molar refractivity (Wildman–Crippen MR) is 72.9 cm³/mol. The van der Waals surface area contributed by atoms with E-state index in [0.29, 0.717) is 17.6 Å². The molecule has 1 aliphatic rings. The molecule has 1 fully saturated rings. The lowest BCUT2D eigenvalue weighted by atomic mass is 10.1. The normalized spacial score (nSPS) is 20.9. The Hall–Kier alpha value is -0.750. The van der Waals surface area contributed by atoms with E-state index in [-0.39, 0.29) is 6.61 Å². The quantitative estimate of drug-likeness (QED) is 0.877. The van der Waals surface area contributed by atoms with E-state index >= 15 is 0 Å². The van der Waals surface area contributed by atoms with E-state index in [2.05, 4.69) is 14.9 Å². The average molecular weight is 284 g/mol. The number of halogens is 1. The summed E-state index contributed by atoms with van der Waals surface area (Å²) in [7, 11) is 0. The zero-order valence-corrected chi connectivity index (χ0v) is 11.4. The molecule has 1 atom stereocenters. The molecule has 3 heterocycles. The smallest absolute Gasteiger partial charge is 0.145 e. The molecule has 2 aromatic heterocycles. The average Bonchev–Trinajstić information content (AvgIpc) is 2.97. The molecule has 96 valence electrons. The molecule has 1 unspecified atom stereocenters. The van der Waals surface area contributed by atoms with Crippen molar-refractivity contribution in [1.29, 1.82) is 0 Å². The number of likely N-dealkylation sites (tertiary alicyclic amines) is 1. The Kier molecular flexibility index (Phi) is 3.48. The van der Waals surface area contributed by atoms with E-state index < -0.39 is 0 Å². The van der Waals surface area contributed by atoms with Gasteiger partial charge in [-0.05, 0) is 30.3 Å². The molecule has 4 nitrogen and oxygen atoms in total. The monoisotopic (exact) mass is 283 g/mol. The van der Waals surface area contributed by atoms with Gasteiger partial charge in [0.15, 0.2) is 0 Å². The lowest BCUT2D eigenvalue weighted by molar-refractivity contribution is 0.219. The van der Waals surface area contributed by atoms with E-state index in [1.165, 1.54) is 0 Å². The molecule has 0 aromatic carbocycles. The van der Waals surface area contributed by atoms with Gasteiger partial charge < -0.3 is 5.11 Å². The van der Waals surface area contributed by atoms with Gasteiger partial charge in [0.1, 0.15) is 15.8 Å². The molecule has 3 rings (SSSR count). The van der Waals surface area contributed by atoms with Gasteiger partial charge in [0.25, 0.3) is 0 Å². The minimum atomic E-state index is 0.266. The molecule has 2 aromatic rings. The van der Waals surface area contributed by atoms with Gasteiger partial charge in [-0.3, -0.25) is 4.90 Å². The van der Waals surface area contributed by atoms with Crippen LogP contribution in [0.25, 0.3) is 10.2 Å². The van der Waals surface area contributed by atoms with Crippen LogP contribution in [0, 0.1) is 5.92 Å². The Morgan fingerprint density at radius 1 is 1.50 bits per heavy atom. The van der Waals surface area contributed by atoms with Gasteiger partial charge in [0.05, 0.1) is 6.54 Å². The SMILES string of the molecule is OCC1CCN(Cc2nc(Cl)c3ccsc3n2)C1. The van der Waals surface area contributed by atoms with Gasteiger partial charge in [-0.15, -0.1) is 11.3 Å². The fourth-order valence-corrected chi connectivity index (χ4v) is 3.43. The maximum absolute atomic E-state index is 9.13. The van der Waals surface area contributed by atoms with Crippen molar-refractivity contribution in [3.63, 3.8) is 0 Å². The molecular weight excluding hydrogens is 270 g/mol. The first kappa shape index (κ1) is 12.3. The molecule has 18 heavy (non-hydrogen) atoms. The predicted octanol–water partition coefficient (Wildman–Crippen LogP) is 2.16. The first-order valence-corrected chi connectivity index (χ1v) is 7.25. The summed E-state index contributed by atoms with van der Waals surface area (Å²) < 4.78 is 0. The number of rotatable bonds is 3. The lowest BCUT2D eigenvalue weighted by Gasteiger charge is -2.14. The second-order valence-electron chi connectivity index (χ2n) is 4.64. The highest BCUT2D eigenvalue weighted by Crippen LogP contribution is 2.25. The van der Waals surface area contributed by atoms with Gasteiger partial charge in [0.2, 0.25) is 0 Å². The van der Waals surface area contributed by atoms with Gasteiger partial charge in [-0.1, -0.05) is 11.6 Å². The third kappa shape index (κ3) is 2.36. The molecule has 0 radical (unpaired) electrons. The number of hydrogen-bond donors (Lipinski definition) is 1. The van der Waals surface area contributed by atoms with E-state index in [0.717, 1.165) is 35.6 Å². The van der Waals surface area contributed by atoms with Crippen LogP contribution < -0.4 is 0 Å². The van der Waals surface area contributed by atoms with Crippen molar-refractivity contribution in [1.82, 2.24) is 14.9 Å². The second-order valence-corrected chi connectivity index (χ2v) is 5.90. The Morgan fingerprint density at radius 2 is 2.39 bits per heavy atom. The number of hydrogen-bond acceptors (Lipinski definition) is 5. The highest BCUT2D eigenvalue weighted by atomic mass is 35.5. The fraction of sp³-hybridized carbons (Fsp3) is 0.500. The molecule has 0 saturated carbocycles. The molecular formula is C12H14ClN3OS. The van der Waals surface area contributed by atoms with Crippen molar-refractivity contribution in [2.24, 2.45) is 5.92 Å². The van der Waals surface area contributed by atoms with Gasteiger partial charge in [-0.25, -0.2) is 9.97 Å². The Bertz CT molecular complexity index is 559. The number of fused-ring (bicyclic) bond motifs is 1. The number of aliphatic hydroxyl groups is 1. The molecule has 0 amide bonds. The summed E-state index contributed by atoms with van der Waals surface area (Å²) in [5.41, 5.74) is 0. The summed E-state index contributed by atoms with van der Waals surface area (Å²) in [4.78, 5) is 12.1. The number of nitrogens with zero attached hydrogens (tertiary/aromatic N) is 3. The van der Waals surface area contributed by atoms with Crippen LogP contribution in [0.15, 0.2) is 11.4 Å². The summed E-state index contributed by atoms with van der Waals surface area (Å²) >= 11 is 7.73. The van der Waals surface area contributed by atoms with Crippen molar-refractivity contribution in [3.05, 3.63) is 22.4 Å². The molecule has 1 N–H and O–H groups in total. The topological polar surface area (TPSA) is 49.2 Å². The largest absolute Gasteiger partial charge is 0.396 e. The van der Waals surface area contributed by atoms with E-state index in [1.54, 1.807) is 11.3 Å². The molecule has 1 aliphatic heterocycles. The fourth-order valence-electron chi connectivity index (χ4n) is 2.34. The van der Waals surface area contributed by atoms with Crippen LogP contribution in [0.5, 0.6) is 0 Å². The summed E-state index contributed by atoms with van der Waals surface area (Å²) in [5, 5.41) is 12.6. The van der Waals surface area contributed by atoms with E-state index in [9.17, 15) is 0 Å². The number of aliphatic hydroxyl groups excluding tert-OH is 1. The van der Waals surface area contributed by atoms with Crippen molar-refractivity contribution < 1.29 is 5.11 Å².